The molecule has 0 saturated carbocycles. The number of hydrogen-bond donors (Lipinski definition) is 3. The van der Waals surface area contributed by atoms with E-state index in [-0.39, 0.29) is 17.4 Å². The van der Waals surface area contributed by atoms with Crippen LogP contribution < -0.4 is 5.32 Å². The Bertz CT molecular complexity index is 588. The summed E-state index contributed by atoms with van der Waals surface area (Å²) in [6.45, 7) is 1.97. The lowest BCUT2D eigenvalue weighted by atomic mass is 10.2. The van der Waals surface area contributed by atoms with Crippen LogP contribution in [0.3, 0.4) is 0 Å². The van der Waals surface area contributed by atoms with Gasteiger partial charge < -0.3 is 10.4 Å². The van der Waals surface area contributed by atoms with Gasteiger partial charge in [-0.1, -0.05) is 6.92 Å². The lowest BCUT2D eigenvalue weighted by Crippen LogP contribution is -2.12. The van der Waals surface area contributed by atoms with Gasteiger partial charge in [0, 0.05) is 6.07 Å². The molecule has 1 amide bonds. The predicted molar refractivity (Wildman–Crippen MR) is 67.2 cm³/mol. The molecule has 6 nitrogen and oxygen atoms in total. The first-order valence-corrected chi connectivity index (χ1v) is 6.16. The summed E-state index contributed by atoms with van der Waals surface area (Å²) in [7, 11) is 0. The smallest absolute Gasteiger partial charge is 0.353 e. The third-order valence-electron chi connectivity index (χ3n) is 2.38. The van der Waals surface area contributed by atoms with E-state index >= 15 is 0 Å². The number of aromatic amines is 1. The quantitative estimate of drug-likeness (QED) is 0.787. The molecule has 2 heterocycles. The van der Waals surface area contributed by atoms with E-state index in [4.69, 9.17) is 5.11 Å². The van der Waals surface area contributed by atoms with Gasteiger partial charge in [0.1, 0.15) is 5.69 Å². The number of carbonyl (C=O) groups is 2. The molecule has 0 aliphatic carbocycles. The SMILES string of the molecule is CCc1ccsc1C(=O)Nc1cc(C(=O)O)[nH]n1. The fourth-order valence-corrected chi connectivity index (χ4v) is 2.37. The van der Waals surface area contributed by atoms with Crippen molar-refractivity contribution >= 4 is 29.0 Å². The van der Waals surface area contributed by atoms with Crippen molar-refractivity contribution in [2.24, 2.45) is 0 Å². The minimum absolute atomic E-state index is 0.0628. The fraction of sp³-hybridized carbons (Fsp3) is 0.182. The van der Waals surface area contributed by atoms with E-state index in [2.05, 4.69) is 15.5 Å². The molecule has 2 rings (SSSR count). The Hall–Kier alpha value is -2.15. The van der Waals surface area contributed by atoms with Crippen LogP contribution in [0.1, 0.15) is 32.6 Å². The second-order valence-corrected chi connectivity index (χ2v) is 4.47. The van der Waals surface area contributed by atoms with E-state index in [0.29, 0.717) is 4.88 Å². The van der Waals surface area contributed by atoms with Crippen LogP contribution in [-0.4, -0.2) is 27.2 Å². The first kappa shape index (κ1) is 12.3. The molecule has 3 N–H and O–H groups in total. The number of amides is 1. The average molecular weight is 265 g/mol. The zero-order chi connectivity index (χ0) is 13.1. The van der Waals surface area contributed by atoms with Crippen molar-refractivity contribution in [3.63, 3.8) is 0 Å². The normalized spacial score (nSPS) is 10.3. The number of rotatable bonds is 4. The molecule has 0 aliphatic rings. The van der Waals surface area contributed by atoms with Crippen LogP contribution in [0.25, 0.3) is 0 Å². The average Bonchev–Trinajstić information content (AvgIpc) is 2.96. The fourth-order valence-electron chi connectivity index (χ4n) is 1.48. The Morgan fingerprint density at radius 1 is 1.56 bits per heavy atom. The third kappa shape index (κ3) is 2.40. The molecule has 0 spiro atoms. The number of nitrogens with zero attached hydrogens (tertiary/aromatic N) is 1. The van der Waals surface area contributed by atoms with Gasteiger partial charge in [-0.3, -0.25) is 9.89 Å². The number of aromatic carboxylic acids is 1. The zero-order valence-corrected chi connectivity index (χ0v) is 10.4. The second kappa shape index (κ2) is 5.01. The molecule has 94 valence electrons. The number of H-pyrrole nitrogens is 1. The summed E-state index contributed by atoms with van der Waals surface area (Å²) < 4.78 is 0. The summed E-state index contributed by atoms with van der Waals surface area (Å²) in [5, 5.41) is 19.2. The van der Waals surface area contributed by atoms with Crippen LogP contribution in [0, 0.1) is 0 Å². The number of carbonyl (C=O) groups excluding carboxylic acids is 1. The maximum absolute atomic E-state index is 11.9. The number of aryl methyl sites for hydroxylation is 1. The lowest BCUT2D eigenvalue weighted by molar-refractivity contribution is 0.0690. The number of aromatic nitrogens is 2. The van der Waals surface area contributed by atoms with E-state index < -0.39 is 5.97 Å². The topological polar surface area (TPSA) is 95.1 Å². The molecule has 0 aliphatic heterocycles. The molecule has 0 radical (unpaired) electrons. The highest BCUT2D eigenvalue weighted by molar-refractivity contribution is 7.12. The molecule has 2 aromatic rings. The lowest BCUT2D eigenvalue weighted by Gasteiger charge is -2.01. The molecule has 18 heavy (non-hydrogen) atoms. The number of nitrogens with one attached hydrogen (secondary N) is 2. The van der Waals surface area contributed by atoms with Crippen molar-refractivity contribution in [1.29, 1.82) is 0 Å². The summed E-state index contributed by atoms with van der Waals surface area (Å²) in [5.41, 5.74) is 0.902. The Kier molecular flexibility index (Phi) is 3.42. The molecule has 0 atom stereocenters. The molecule has 0 aromatic carbocycles. The van der Waals surface area contributed by atoms with Crippen LogP contribution in [0.2, 0.25) is 0 Å². The first-order valence-electron chi connectivity index (χ1n) is 5.28. The summed E-state index contributed by atoms with van der Waals surface area (Å²) in [4.78, 5) is 23.2. The van der Waals surface area contributed by atoms with E-state index in [1.807, 2.05) is 18.4 Å². The van der Waals surface area contributed by atoms with Crippen molar-refractivity contribution in [2.75, 3.05) is 5.32 Å². The molecule has 2 aromatic heterocycles. The summed E-state index contributed by atoms with van der Waals surface area (Å²) >= 11 is 1.35. The Labute approximate surface area is 107 Å². The molecule has 0 unspecified atom stereocenters. The van der Waals surface area contributed by atoms with Gasteiger partial charge in [-0.05, 0) is 23.4 Å². The molecule has 0 saturated heterocycles. The maximum atomic E-state index is 11.9. The van der Waals surface area contributed by atoms with Gasteiger partial charge in [-0.25, -0.2) is 4.79 Å². The van der Waals surface area contributed by atoms with Gasteiger partial charge in [0.25, 0.3) is 5.91 Å². The van der Waals surface area contributed by atoms with E-state index in [1.54, 1.807) is 0 Å². The van der Waals surface area contributed by atoms with Crippen molar-refractivity contribution < 1.29 is 14.7 Å². The molecule has 0 fully saturated rings. The highest BCUT2D eigenvalue weighted by Gasteiger charge is 2.14. The highest BCUT2D eigenvalue weighted by Crippen LogP contribution is 2.19. The molecule has 7 heteroatoms. The van der Waals surface area contributed by atoms with E-state index in [1.165, 1.54) is 17.4 Å². The standard InChI is InChI=1S/C11H11N3O3S/c1-2-6-3-4-18-9(6)10(15)12-8-5-7(11(16)17)13-14-8/h3-5H,2H2,1H3,(H,16,17)(H2,12,13,14,15). The van der Waals surface area contributed by atoms with Crippen LogP contribution in [0.15, 0.2) is 17.5 Å². The van der Waals surface area contributed by atoms with E-state index in [9.17, 15) is 9.59 Å². The van der Waals surface area contributed by atoms with Crippen LogP contribution in [-0.2, 0) is 6.42 Å². The minimum Gasteiger partial charge on any atom is -0.477 e. The largest absolute Gasteiger partial charge is 0.477 e. The van der Waals surface area contributed by atoms with Gasteiger partial charge >= 0.3 is 5.97 Å². The number of thiophene rings is 1. The summed E-state index contributed by atoms with van der Waals surface area (Å²) in [5.74, 6) is -1.19. The second-order valence-electron chi connectivity index (χ2n) is 3.55. The Morgan fingerprint density at radius 2 is 2.33 bits per heavy atom. The van der Waals surface area contributed by atoms with Gasteiger partial charge in [-0.15, -0.1) is 11.3 Å². The zero-order valence-electron chi connectivity index (χ0n) is 9.56. The van der Waals surface area contributed by atoms with Crippen molar-refractivity contribution in [1.82, 2.24) is 10.2 Å². The minimum atomic E-state index is -1.12. The highest BCUT2D eigenvalue weighted by atomic mass is 32.1. The van der Waals surface area contributed by atoms with Gasteiger partial charge in [-0.2, -0.15) is 5.10 Å². The van der Waals surface area contributed by atoms with E-state index in [0.717, 1.165) is 12.0 Å². The van der Waals surface area contributed by atoms with Crippen LogP contribution in [0.5, 0.6) is 0 Å². The number of hydrogen-bond acceptors (Lipinski definition) is 4. The van der Waals surface area contributed by atoms with Crippen LogP contribution >= 0.6 is 11.3 Å². The summed E-state index contributed by atoms with van der Waals surface area (Å²) in [6.07, 6.45) is 0.771. The first-order chi connectivity index (χ1) is 8.61. The molecular weight excluding hydrogens is 254 g/mol. The number of carboxylic acids is 1. The van der Waals surface area contributed by atoms with Gasteiger partial charge in [0.2, 0.25) is 0 Å². The molecular formula is C11H11N3O3S. The predicted octanol–water partition coefficient (Wildman–Crippen LogP) is 1.98. The third-order valence-corrected chi connectivity index (χ3v) is 3.34. The van der Waals surface area contributed by atoms with Crippen molar-refractivity contribution in [3.05, 3.63) is 33.6 Å². The number of anilines is 1. The van der Waals surface area contributed by atoms with Gasteiger partial charge in [0.05, 0.1) is 4.88 Å². The van der Waals surface area contributed by atoms with Gasteiger partial charge in [0.15, 0.2) is 5.82 Å². The van der Waals surface area contributed by atoms with Crippen LogP contribution in [0.4, 0.5) is 5.82 Å². The maximum Gasteiger partial charge on any atom is 0.353 e. The summed E-state index contributed by atoms with van der Waals surface area (Å²) in [6, 6.07) is 3.17. The Balaban J connectivity index is 2.13. The molecule has 0 bridgehead atoms. The van der Waals surface area contributed by atoms with Crippen molar-refractivity contribution in [2.45, 2.75) is 13.3 Å². The monoisotopic (exact) mass is 265 g/mol. The number of carboxylic acid groups (broad SMARTS) is 1. The van der Waals surface area contributed by atoms with Crippen molar-refractivity contribution in [3.8, 4) is 0 Å². The Morgan fingerprint density at radius 3 is 2.94 bits per heavy atom.